The first kappa shape index (κ1) is 15.1. The monoisotopic (exact) mass is 264 g/mol. The van der Waals surface area contributed by atoms with Crippen LogP contribution in [0.1, 0.15) is 26.3 Å². The SMILES string of the molecule is COC(=O)N[C@@H](Cc1cccnc1)C(=O)C(C)(C)C. The summed E-state index contributed by atoms with van der Waals surface area (Å²) in [7, 11) is 1.28. The Kier molecular flexibility index (Phi) is 5.03. The van der Waals surface area contributed by atoms with Crippen molar-refractivity contribution in [1.29, 1.82) is 0 Å². The van der Waals surface area contributed by atoms with Gasteiger partial charge in [-0.2, -0.15) is 0 Å². The standard InChI is InChI=1S/C14H20N2O3/c1-14(2,3)12(17)11(16-13(18)19-4)8-10-6-5-7-15-9-10/h5-7,9,11H,8H2,1-4H3,(H,16,18)/t11-/m0/s1. The number of nitrogens with one attached hydrogen (secondary N) is 1. The highest BCUT2D eigenvalue weighted by Crippen LogP contribution is 2.19. The minimum absolute atomic E-state index is 0.0400. The van der Waals surface area contributed by atoms with Crippen LogP contribution in [0, 0.1) is 5.41 Å². The second-order valence-corrected chi connectivity index (χ2v) is 5.37. The predicted octanol–water partition coefficient (Wildman–Crippen LogP) is 1.96. The van der Waals surface area contributed by atoms with Crippen molar-refractivity contribution in [2.45, 2.75) is 33.2 Å². The van der Waals surface area contributed by atoms with Crippen LogP contribution in [0.4, 0.5) is 4.79 Å². The fourth-order valence-electron chi connectivity index (χ4n) is 1.69. The molecule has 1 amide bonds. The quantitative estimate of drug-likeness (QED) is 0.902. The lowest BCUT2D eigenvalue weighted by atomic mass is 9.84. The number of ketones is 1. The fourth-order valence-corrected chi connectivity index (χ4v) is 1.69. The van der Waals surface area contributed by atoms with Crippen LogP contribution in [0.25, 0.3) is 0 Å². The molecule has 0 spiro atoms. The lowest BCUT2D eigenvalue weighted by molar-refractivity contribution is -0.128. The third-order valence-corrected chi connectivity index (χ3v) is 2.70. The molecule has 0 fully saturated rings. The maximum Gasteiger partial charge on any atom is 0.407 e. The molecule has 104 valence electrons. The summed E-state index contributed by atoms with van der Waals surface area (Å²) < 4.78 is 4.56. The van der Waals surface area contributed by atoms with Crippen molar-refractivity contribution in [2.75, 3.05) is 7.11 Å². The molecule has 0 radical (unpaired) electrons. The summed E-state index contributed by atoms with van der Waals surface area (Å²) in [6, 6.07) is 3.05. The van der Waals surface area contributed by atoms with Crippen molar-refractivity contribution in [1.82, 2.24) is 10.3 Å². The molecule has 5 nitrogen and oxygen atoms in total. The molecular weight excluding hydrogens is 244 g/mol. The molecule has 0 aliphatic rings. The Balaban J connectivity index is 2.87. The molecule has 0 saturated heterocycles. The summed E-state index contributed by atoms with van der Waals surface area (Å²) in [6.45, 7) is 5.47. The zero-order valence-corrected chi connectivity index (χ0v) is 11.8. The summed E-state index contributed by atoms with van der Waals surface area (Å²) in [4.78, 5) is 27.7. The predicted molar refractivity (Wildman–Crippen MR) is 71.7 cm³/mol. The molecule has 1 heterocycles. The molecule has 0 aromatic carbocycles. The van der Waals surface area contributed by atoms with E-state index < -0.39 is 17.6 Å². The Morgan fingerprint density at radius 1 is 1.42 bits per heavy atom. The molecule has 1 atom stereocenters. The molecule has 19 heavy (non-hydrogen) atoms. The van der Waals surface area contributed by atoms with E-state index in [1.165, 1.54) is 7.11 Å². The Morgan fingerprint density at radius 3 is 2.58 bits per heavy atom. The van der Waals surface area contributed by atoms with Crippen molar-refractivity contribution in [3.05, 3.63) is 30.1 Å². The normalized spacial score (nSPS) is 12.6. The van der Waals surface area contributed by atoms with E-state index in [4.69, 9.17) is 0 Å². The van der Waals surface area contributed by atoms with E-state index in [2.05, 4.69) is 15.0 Å². The van der Waals surface area contributed by atoms with Gasteiger partial charge in [-0.25, -0.2) is 4.79 Å². The van der Waals surface area contributed by atoms with Crippen LogP contribution in [0.5, 0.6) is 0 Å². The maximum absolute atomic E-state index is 12.3. The highest BCUT2D eigenvalue weighted by molar-refractivity contribution is 5.91. The van der Waals surface area contributed by atoms with E-state index in [1.54, 1.807) is 18.5 Å². The molecule has 1 aromatic heterocycles. The average molecular weight is 264 g/mol. The summed E-state index contributed by atoms with van der Waals surface area (Å²) in [5.74, 6) is -0.0400. The van der Waals surface area contributed by atoms with Gasteiger partial charge in [-0.05, 0) is 11.6 Å². The van der Waals surface area contributed by atoms with E-state index in [0.717, 1.165) is 5.56 Å². The molecule has 0 aliphatic carbocycles. The Labute approximate surface area is 113 Å². The number of methoxy groups -OCH3 is 1. The van der Waals surface area contributed by atoms with Gasteiger partial charge in [0.15, 0.2) is 5.78 Å². The second-order valence-electron chi connectivity index (χ2n) is 5.37. The van der Waals surface area contributed by atoms with Crippen LogP contribution >= 0.6 is 0 Å². The zero-order valence-electron chi connectivity index (χ0n) is 11.8. The number of pyridine rings is 1. The summed E-state index contributed by atoms with van der Waals surface area (Å²) >= 11 is 0. The Bertz CT molecular complexity index is 438. The lowest BCUT2D eigenvalue weighted by Gasteiger charge is -2.25. The third kappa shape index (κ3) is 4.69. The number of Topliss-reactive ketones (excluding diaryl/α,β-unsaturated/α-hetero) is 1. The van der Waals surface area contributed by atoms with Crippen LogP contribution in [0.2, 0.25) is 0 Å². The van der Waals surface area contributed by atoms with Gasteiger partial charge in [-0.3, -0.25) is 9.78 Å². The topological polar surface area (TPSA) is 68.3 Å². The first-order valence-electron chi connectivity index (χ1n) is 6.12. The van der Waals surface area contributed by atoms with Crippen molar-refractivity contribution >= 4 is 11.9 Å². The van der Waals surface area contributed by atoms with Gasteiger partial charge in [0.2, 0.25) is 0 Å². The van der Waals surface area contributed by atoms with Crippen LogP contribution in [0.15, 0.2) is 24.5 Å². The molecule has 1 aromatic rings. The maximum atomic E-state index is 12.3. The number of amides is 1. The van der Waals surface area contributed by atoms with E-state index in [9.17, 15) is 9.59 Å². The minimum atomic E-state index is -0.614. The Morgan fingerprint density at radius 2 is 2.11 bits per heavy atom. The summed E-state index contributed by atoms with van der Waals surface area (Å²) in [5, 5.41) is 2.58. The van der Waals surface area contributed by atoms with Gasteiger partial charge in [0.25, 0.3) is 0 Å². The first-order chi connectivity index (χ1) is 8.84. The number of hydrogen-bond donors (Lipinski definition) is 1. The number of carbonyl (C=O) groups excluding carboxylic acids is 2. The number of alkyl carbamates (subject to hydrolysis) is 1. The number of hydrogen-bond acceptors (Lipinski definition) is 4. The third-order valence-electron chi connectivity index (χ3n) is 2.70. The second kappa shape index (κ2) is 6.31. The van der Waals surface area contributed by atoms with E-state index in [1.807, 2.05) is 26.8 Å². The van der Waals surface area contributed by atoms with E-state index in [0.29, 0.717) is 6.42 Å². The van der Waals surface area contributed by atoms with Gasteiger partial charge in [0, 0.05) is 24.2 Å². The van der Waals surface area contributed by atoms with Gasteiger partial charge in [0.05, 0.1) is 13.2 Å². The Hall–Kier alpha value is -1.91. The van der Waals surface area contributed by atoms with Gasteiger partial charge >= 0.3 is 6.09 Å². The van der Waals surface area contributed by atoms with Crippen LogP contribution in [0.3, 0.4) is 0 Å². The van der Waals surface area contributed by atoms with Crippen LogP contribution in [-0.2, 0) is 16.0 Å². The van der Waals surface area contributed by atoms with Crippen molar-refractivity contribution in [3.8, 4) is 0 Å². The molecule has 5 heteroatoms. The fraction of sp³-hybridized carbons (Fsp3) is 0.500. The van der Waals surface area contributed by atoms with Gasteiger partial charge in [-0.1, -0.05) is 26.8 Å². The van der Waals surface area contributed by atoms with E-state index >= 15 is 0 Å². The van der Waals surface area contributed by atoms with Crippen molar-refractivity contribution in [2.24, 2.45) is 5.41 Å². The summed E-state index contributed by atoms with van der Waals surface area (Å²) in [6.07, 6.45) is 3.14. The van der Waals surface area contributed by atoms with Gasteiger partial charge in [-0.15, -0.1) is 0 Å². The molecule has 0 bridgehead atoms. The highest BCUT2D eigenvalue weighted by Gasteiger charge is 2.31. The van der Waals surface area contributed by atoms with Crippen molar-refractivity contribution < 1.29 is 14.3 Å². The highest BCUT2D eigenvalue weighted by atomic mass is 16.5. The van der Waals surface area contributed by atoms with Gasteiger partial charge in [0.1, 0.15) is 0 Å². The smallest absolute Gasteiger partial charge is 0.407 e. The lowest BCUT2D eigenvalue weighted by Crippen LogP contribution is -2.46. The molecule has 1 rings (SSSR count). The number of nitrogens with zero attached hydrogens (tertiary/aromatic N) is 1. The molecule has 0 saturated carbocycles. The minimum Gasteiger partial charge on any atom is -0.453 e. The van der Waals surface area contributed by atoms with E-state index in [-0.39, 0.29) is 5.78 Å². The number of carbonyl (C=O) groups is 2. The number of rotatable bonds is 4. The van der Waals surface area contributed by atoms with Crippen molar-refractivity contribution in [3.63, 3.8) is 0 Å². The average Bonchev–Trinajstić information content (AvgIpc) is 2.37. The van der Waals surface area contributed by atoms with Crippen LogP contribution < -0.4 is 5.32 Å². The molecule has 0 unspecified atom stereocenters. The number of ether oxygens (including phenoxy) is 1. The first-order valence-corrected chi connectivity index (χ1v) is 6.12. The summed E-state index contributed by atoms with van der Waals surface area (Å²) in [5.41, 5.74) is 0.356. The zero-order chi connectivity index (χ0) is 14.5. The van der Waals surface area contributed by atoms with Crippen LogP contribution in [-0.4, -0.2) is 30.0 Å². The number of aromatic nitrogens is 1. The van der Waals surface area contributed by atoms with Gasteiger partial charge < -0.3 is 10.1 Å². The molecule has 1 N–H and O–H groups in total. The molecular formula is C14H20N2O3. The molecule has 0 aliphatic heterocycles. The largest absolute Gasteiger partial charge is 0.453 e.